The molecule has 2 rings (SSSR count). The van der Waals surface area contributed by atoms with Crippen LogP contribution in [0.25, 0.3) is 0 Å². The fourth-order valence-electron chi connectivity index (χ4n) is 1.73. The molecule has 2 heterocycles. The predicted molar refractivity (Wildman–Crippen MR) is 54.8 cm³/mol. The van der Waals surface area contributed by atoms with Gasteiger partial charge in [-0.05, 0) is 19.1 Å². The van der Waals surface area contributed by atoms with E-state index in [1.165, 1.54) is 4.31 Å². The van der Waals surface area contributed by atoms with Gasteiger partial charge in [-0.25, -0.2) is 8.42 Å². The van der Waals surface area contributed by atoms with Gasteiger partial charge in [0, 0.05) is 26.3 Å². The summed E-state index contributed by atoms with van der Waals surface area (Å²) < 4.78 is 26.8. The lowest BCUT2D eigenvalue weighted by atomic mass is 10.0. The van der Waals surface area contributed by atoms with Gasteiger partial charge in [-0.15, -0.1) is 0 Å². The molecule has 0 unspecified atom stereocenters. The number of hydrogen-bond acceptors (Lipinski definition) is 3. The van der Waals surface area contributed by atoms with Gasteiger partial charge in [0.25, 0.3) is 10.0 Å². The van der Waals surface area contributed by atoms with E-state index in [2.05, 4.69) is 0 Å². The normalized spacial score (nSPS) is 21.3. The molecular formula is C9H14N2O3S. The fraction of sp³-hybridized carbons (Fsp3) is 0.556. The van der Waals surface area contributed by atoms with E-state index in [1.807, 2.05) is 0 Å². The van der Waals surface area contributed by atoms with Gasteiger partial charge in [0.05, 0.1) is 5.60 Å². The monoisotopic (exact) mass is 230 g/mol. The molecule has 0 amide bonds. The number of aryl methyl sites for hydroxylation is 1. The lowest BCUT2D eigenvalue weighted by molar-refractivity contribution is -0.0428. The van der Waals surface area contributed by atoms with Crippen molar-refractivity contribution in [2.24, 2.45) is 7.05 Å². The molecule has 5 nitrogen and oxygen atoms in total. The third-order valence-electron chi connectivity index (χ3n) is 2.53. The third kappa shape index (κ3) is 1.68. The predicted octanol–water partition coefficient (Wildman–Crippen LogP) is -0.220. The summed E-state index contributed by atoms with van der Waals surface area (Å²) >= 11 is 0. The van der Waals surface area contributed by atoms with Crippen LogP contribution in [0, 0.1) is 0 Å². The van der Waals surface area contributed by atoms with Crippen LogP contribution < -0.4 is 0 Å². The maximum atomic E-state index is 12.0. The Kier molecular flexibility index (Phi) is 2.18. The minimum atomic E-state index is -3.42. The minimum Gasteiger partial charge on any atom is -0.387 e. The van der Waals surface area contributed by atoms with Crippen molar-refractivity contribution in [3.63, 3.8) is 0 Å². The molecule has 6 heteroatoms. The second kappa shape index (κ2) is 3.07. The van der Waals surface area contributed by atoms with Crippen LogP contribution in [0.1, 0.15) is 6.92 Å². The number of aromatic nitrogens is 1. The first-order valence-corrected chi connectivity index (χ1v) is 6.11. The Morgan fingerprint density at radius 2 is 2.07 bits per heavy atom. The van der Waals surface area contributed by atoms with Crippen LogP contribution in [-0.2, 0) is 17.1 Å². The van der Waals surface area contributed by atoms with Crippen molar-refractivity contribution in [3.8, 4) is 0 Å². The fourth-order valence-corrected chi connectivity index (χ4v) is 3.57. The Morgan fingerprint density at radius 1 is 1.47 bits per heavy atom. The Balaban J connectivity index is 2.27. The molecule has 15 heavy (non-hydrogen) atoms. The first-order valence-electron chi connectivity index (χ1n) is 4.67. The van der Waals surface area contributed by atoms with Crippen molar-refractivity contribution >= 4 is 10.0 Å². The molecule has 0 aromatic carbocycles. The molecule has 1 saturated heterocycles. The summed E-state index contributed by atoms with van der Waals surface area (Å²) in [5, 5.41) is 9.76. The van der Waals surface area contributed by atoms with Gasteiger partial charge >= 0.3 is 0 Å². The molecule has 1 N–H and O–H groups in total. The van der Waals surface area contributed by atoms with Crippen LogP contribution in [-0.4, -0.2) is 41.1 Å². The minimum absolute atomic E-state index is 0.167. The van der Waals surface area contributed by atoms with E-state index in [9.17, 15) is 13.5 Å². The maximum Gasteiger partial charge on any atom is 0.258 e. The molecule has 1 aliphatic rings. The lowest BCUT2D eigenvalue weighted by Crippen LogP contribution is -2.61. The van der Waals surface area contributed by atoms with Gasteiger partial charge in [-0.2, -0.15) is 4.31 Å². The van der Waals surface area contributed by atoms with E-state index >= 15 is 0 Å². The summed E-state index contributed by atoms with van der Waals surface area (Å²) in [6.45, 7) is 1.96. The van der Waals surface area contributed by atoms with Gasteiger partial charge < -0.3 is 9.67 Å². The average molecular weight is 230 g/mol. The van der Waals surface area contributed by atoms with E-state index in [4.69, 9.17) is 0 Å². The van der Waals surface area contributed by atoms with Gasteiger partial charge in [0.2, 0.25) is 0 Å². The standard InChI is InChI=1S/C9H14N2O3S/c1-9(12)6-11(7-9)15(13,14)8-4-3-5-10(8)2/h3-5,12H,6-7H2,1-2H3. The zero-order chi connectivity index (χ0) is 11.3. The number of rotatable bonds is 2. The zero-order valence-corrected chi connectivity index (χ0v) is 9.53. The summed E-state index contributed by atoms with van der Waals surface area (Å²) in [4.78, 5) is 0. The molecule has 1 fully saturated rings. The van der Waals surface area contributed by atoms with Crippen molar-refractivity contribution in [2.75, 3.05) is 13.1 Å². The average Bonchev–Trinajstić information content (AvgIpc) is 2.47. The van der Waals surface area contributed by atoms with Crippen LogP contribution in [0.4, 0.5) is 0 Å². The third-order valence-corrected chi connectivity index (χ3v) is 4.42. The van der Waals surface area contributed by atoms with Crippen molar-refractivity contribution in [3.05, 3.63) is 18.3 Å². The highest BCUT2D eigenvalue weighted by Crippen LogP contribution is 2.27. The molecule has 0 atom stereocenters. The van der Waals surface area contributed by atoms with Gasteiger partial charge in [-0.3, -0.25) is 0 Å². The van der Waals surface area contributed by atoms with E-state index in [1.54, 1.807) is 36.9 Å². The molecular weight excluding hydrogens is 216 g/mol. The number of hydrogen-bond donors (Lipinski definition) is 1. The molecule has 1 aliphatic heterocycles. The Morgan fingerprint density at radius 3 is 2.47 bits per heavy atom. The number of aliphatic hydroxyl groups is 1. The highest BCUT2D eigenvalue weighted by molar-refractivity contribution is 7.89. The SMILES string of the molecule is Cn1cccc1S(=O)(=O)N1CC(C)(O)C1. The second-order valence-corrected chi connectivity index (χ2v) is 6.11. The number of β-amino-alcohol motifs (C(OH)–C–C–N with tert-alkyl or cyclic N) is 1. The van der Waals surface area contributed by atoms with Crippen molar-refractivity contribution in [1.29, 1.82) is 0 Å². The van der Waals surface area contributed by atoms with Gasteiger partial charge in [0.15, 0.2) is 0 Å². The van der Waals surface area contributed by atoms with Crippen LogP contribution in [0.15, 0.2) is 23.4 Å². The summed E-state index contributed by atoms with van der Waals surface area (Å²) in [7, 11) is -1.74. The molecule has 0 aliphatic carbocycles. The quantitative estimate of drug-likeness (QED) is 0.764. The molecule has 0 spiro atoms. The molecule has 0 saturated carbocycles. The number of sulfonamides is 1. The summed E-state index contributed by atoms with van der Waals surface area (Å²) in [6.07, 6.45) is 1.69. The van der Waals surface area contributed by atoms with Crippen LogP contribution >= 0.6 is 0 Å². The van der Waals surface area contributed by atoms with E-state index in [-0.39, 0.29) is 18.1 Å². The first-order chi connectivity index (χ1) is 6.83. The highest BCUT2D eigenvalue weighted by Gasteiger charge is 2.44. The summed E-state index contributed by atoms with van der Waals surface area (Å²) in [5.74, 6) is 0. The van der Waals surface area contributed by atoms with E-state index in [0.29, 0.717) is 0 Å². The highest BCUT2D eigenvalue weighted by atomic mass is 32.2. The van der Waals surface area contributed by atoms with Crippen molar-refractivity contribution < 1.29 is 13.5 Å². The molecule has 1 aromatic heterocycles. The Labute approximate surface area is 89.0 Å². The van der Waals surface area contributed by atoms with Crippen LogP contribution in [0.2, 0.25) is 0 Å². The smallest absolute Gasteiger partial charge is 0.258 e. The second-order valence-electron chi connectivity index (χ2n) is 4.23. The van der Waals surface area contributed by atoms with Gasteiger partial charge in [0.1, 0.15) is 5.03 Å². The van der Waals surface area contributed by atoms with Crippen LogP contribution in [0.3, 0.4) is 0 Å². The maximum absolute atomic E-state index is 12.0. The molecule has 84 valence electrons. The zero-order valence-electron chi connectivity index (χ0n) is 8.71. The largest absolute Gasteiger partial charge is 0.387 e. The van der Waals surface area contributed by atoms with Crippen molar-refractivity contribution in [2.45, 2.75) is 17.6 Å². The van der Waals surface area contributed by atoms with Gasteiger partial charge in [-0.1, -0.05) is 0 Å². The molecule has 0 bridgehead atoms. The summed E-state index contributed by atoms with van der Waals surface area (Å²) in [6, 6.07) is 3.24. The van der Waals surface area contributed by atoms with Crippen molar-refractivity contribution in [1.82, 2.24) is 8.87 Å². The van der Waals surface area contributed by atoms with E-state index in [0.717, 1.165) is 0 Å². The topological polar surface area (TPSA) is 62.5 Å². The molecule has 0 radical (unpaired) electrons. The van der Waals surface area contributed by atoms with Crippen LogP contribution in [0.5, 0.6) is 0 Å². The lowest BCUT2D eigenvalue weighted by Gasteiger charge is -2.42. The first kappa shape index (κ1) is 10.7. The number of nitrogens with zero attached hydrogens (tertiary/aromatic N) is 2. The Hall–Kier alpha value is -0.850. The Bertz CT molecular complexity index is 467. The van der Waals surface area contributed by atoms with E-state index < -0.39 is 15.6 Å². The summed E-state index contributed by atoms with van der Waals surface area (Å²) in [5.41, 5.74) is -0.877. The molecule has 1 aromatic rings.